The molecule has 0 N–H and O–H groups in total. The number of carbonyl (C=O) groups excluding carboxylic acids is 1. The normalized spacial score (nSPS) is 22.0. The van der Waals surface area contributed by atoms with E-state index in [1.54, 1.807) is 18.9 Å². The van der Waals surface area contributed by atoms with E-state index in [1.807, 2.05) is 43.7 Å². The minimum Gasteiger partial charge on any atom is -0.493 e. The first kappa shape index (κ1) is 19.7. The summed E-state index contributed by atoms with van der Waals surface area (Å²) in [5, 5.41) is 4.28. The molecule has 5 rings (SSSR count). The van der Waals surface area contributed by atoms with E-state index in [0.717, 1.165) is 35.3 Å². The average Bonchev–Trinajstić information content (AvgIpc) is 3.50. The maximum atomic E-state index is 13.7. The van der Waals surface area contributed by atoms with Gasteiger partial charge >= 0.3 is 0 Å². The number of amides is 1. The number of methoxy groups -OCH3 is 2. The van der Waals surface area contributed by atoms with Crippen molar-refractivity contribution in [2.45, 2.75) is 24.8 Å². The quantitative estimate of drug-likeness (QED) is 0.635. The van der Waals surface area contributed by atoms with Gasteiger partial charge in [-0.1, -0.05) is 30.3 Å². The lowest BCUT2D eigenvalue weighted by Crippen LogP contribution is -2.41. The van der Waals surface area contributed by atoms with Gasteiger partial charge in [0.15, 0.2) is 11.5 Å². The summed E-state index contributed by atoms with van der Waals surface area (Å²) < 4.78 is 12.9. The number of hydrogen-bond donors (Lipinski definition) is 0. The summed E-state index contributed by atoms with van der Waals surface area (Å²) in [6.45, 7) is 0.692. The summed E-state index contributed by atoms with van der Waals surface area (Å²) in [5.41, 5.74) is 4.58. The highest BCUT2D eigenvalue weighted by Gasteiger charge is 2.48. The van der Waals surface area contributed by atoms with E-state index < -0.39 is 0 Å². The largest absolute Gasteiger partial charge is 0.493 e. The van der Waals surface area contributed by atoms with Crippen LogP contribution < -0.4 is 9.47 Å². The molecule has 6 nitrogen and oxygen atoms in total. The van der Waals surface area contributed by atoms with Gasteiger partial charge in [0.1, 0.15) is 0 Å². The third-order valence-electron chi connectivity index (χ3n) is 6.53. The molecule has 1 saturated carbocycles. The third kappa shape index (κ3) is 3.46. The molecule has 2 aliphatic rings. The van der Waals surface area contributed by atoms with Crippen molar-refractivity contribution in [3.8, 4) is 11.5 Å². The maximum absolute atomic E-state index is 13.7. The van der Waals surface area contributed by atoms with Crippen LogP contribution in [0.1, 0.15) is 40.6 Å². The van der Waals surface area contributed by atoms with Gasteiger partial charge in [-0.25, -0.2) is 0 Å². The Labute approximate surface area is 182 Å². The van der Waals surface area contributed by atoms with E-state index >= 15 is 0 Å². The zero-order valence-electron chi connectivity index (χ0n) is 18.1. The second-order valence-electron chi connectivity index (χ2n) is 8.40. The first-order valence-corrected chi connectivity index (χ1v) is 10.7. The van der Waals surface area contributed by atoms with E-state index in [1.165, 1.54) is 5.56 Å². The monoisotopic (exact) mass is 417 g/mol. The lowest BCUT2D eigenvalue weighted by molar-refractivity contribution is -0.134. The molecule has 0 spiro atoms. The lowest BCUT2D eigenvalue weighted by atomic mass is 9.87. The van der Waals surface area contributed by atoms with Crippen molar-refractivity contribution in [2.24, 2.45) is 13.0 Å². The van der Waals surface area contributed by atoms with E-state index in [0.29, 0.717) is 12.3 Å². The fourth-order valence-corrected chi connectivity index (χ4v) is 4.86. The predicted octanol–water partition coefficient (Wildman–Crippen LogP) is 3.72. The SMILES string of the molecule is COc1cc2c(cc1OC)[C@H](c1ccccc1)N(C(=O)[C@H]1C[C@H]1c1cnn(C)c1)CC2. The van der Waals surface area contributed by atoms with Crippen molar-refractivity contribution < 1.29 is 14.3 Å². The first-order valence-electron chi connectivity index (χ1n) is 10.7. The number of nitrogens with zero attached hydrogens (tertiary/aromatic N) is 3. The standard InChI is InChI=1S/C25H27N3O3/c1-27-15-18(14-26-27)19-12-21(19)25(29)28-10-9-17-11-22(30-2)23(31-3)13-20(17)24(28)16-7-5-4-6-8-16/h4-8,11,13-15,19,21,24H,9-10,12H2,1-3H3/t19-,21-,24-/m0/s1. The van der Waals surface area contributed by atoms with Gasteiger partial charge in [-0.05, 0) is 53.1 Å². The Morgan fingerprint density at radius 3 is 2.48 bits per heavy atom. The Balaban J connectivity index is 1.51. The molecule has 1 aliphatic carbocycles. The van der Waals surface area contributed by atoms with Crippen LogP contribution in [-0.2, 0) is 18.3 Å². The number of benzene rings is 2. The van der Waals surface area contributed by atoms with Crippen LogP contribution in [0.25, 0.3) is 0 Å². The molecule has 3 atom stereocenters. The molecule has 3 aromatic rings. The highest BCUT2D eigenvalue weighted by molar-refractivity contribution is 5.84. The molecule has 2 aromatic carbocycles. The topological polar surface area (TPSA) is 56.6 Å². The molecular weight excluding hydrogens is 390 g/mol. The van der Waals surface area contributed by atoms with Gasteiger partial charge in [-0.3, -0.25) is 9.48 Å². The van der Waals surface area contributed by atoms with Crippen molar-refractivity contribution in [2.75, 3.05) is 20.8 Å². The first-order chi connectivity index (χ1) is 15.1. The fraction of sp³-hybridized carbons (Fsp3) is 0.360. The zero-order chi connectivity index (χ0) is 21.5. The van der Waals surface area contributed by atoms with Crippen LogP contribution in [0.15, 0.2) is 54.9 Å². The number of fused-ring (bicyclic) bond motifs is 1. The summed E-state index contributed by atoms with van der Waals surface area (Å²) in [5.74, 6) is 1.94. The van der Waals surface area contributed by atoms with Crippen molar-refractivity contribution >= 4 is 5.91 Å². The second kappa shape index (κ2) is 7.76. The van der Waals surface area contributed by atoms with Crippen molar-refractivity contribution in [1.82, 2.24) is 14.7 Å². The Bertz CT molecular complexity index is 1110. The van der Waals surface area contributed by atoms with Gasteiger partial charge in [0.2, 0.25) is 5.91 Å². The highest BCUT2D eigenvalue weighted by Crippen LogP contribution is 2.50. The molecule has 31 heavy (non-hydrogen) atoms. The molecule has 6 heteroatoms. The van der Waals surface area contributed by atoms with E-state index in [-0.39, 0.29) is 23.8 Å². The van der Waals surface area contributed by atoms with Gasteiger partial charge in [0.25, 0.3) is 0 Å². The van der Waals surface area contributed by atoms with Gasteiger partial charge in [0, 0.05) is 25.7 Å². The summed E-state index contributed by atoms with van der Waals surface area (Å²) in [6, 6.07) is 14.2. The number of rotatable bonds is 5. The lowest BCUT2D eigenvalue weighted by Gasteiger charge is -2.38. The predicted molar refractivity (Wildman–Crippen MR) is 117 cm³/mol. The molecule has 1 fully saturated rings. The molecule has 0 saturated heterocycles. The second-order valence-corrected chi connectivity index (χ2v) is 8.40. The molecule has 0 bridgehead atoms. The van der Waals surface area contributed by atoms with Crippen LogP contribution in [0.4, 0.5) is 0 Å². The summed E-state index contributed by atoms with van der Waals surface area (Å²) >= 11 is 0. The molecule has 160 valence electrons. The molecule has 0 radical (unpaired) electrons. The Morgan fingerprint density at radius 2 is 1.81 bits per heavy atom. The number of hydrogen-bond acceptors (Lipinski definition) is 4. The van der Waals surface area contributed by atoms with Crippen LogP contribution in [0.2, 0.25) is 0 Å². The number of aromatic nitrogens is 2. The summed E-state index contributed by atoms with van der Waals surface area (Å²) in [7, 11) is 5.22. The zero-order valence-corrected chi connectivity index (χ0v) is 18.1. The smallest absolute Gasteiger partial charge is 0.227 e. The molecule has 1 aromatic heterocycles. The molecule has 1 aliphatic heterocycles. The van der Waals surface area contributed by atoms with Crippen molar-refractivity contribution in [3.05, 3.63) is 77.1 Å². The van der Waals surface area contributed by atoms with Gasteiger partial charge in [-0.15, -0.1) is 0 Å². The van der Waals surface area contributed by atoms with Crippen LogP contribution in [0, 0.1) is 5.92 Å². The number of ether oxygens (including phenoxy) is 2. The van der Waals surface area contributed by atoms with Crippen LogP contribution in [0.5, 0.6) is 11.5 Å². The minimum atomic E-state index is -0.132. The molecule has 1 amide bonds. The van der Waals surface area contributed by atoms with Crippen LogP contribution in [-0.4, -0.2) is 41.4 Å². The Morgan fingerprint density at radius 1 is 1.06 bits per heavy atom. The van der Waals surface area contributed by atoms with Crippen molar-refractivity contribution in [3.63, 3.8) is 0 Å². The summed E-state index contributed by atoms with van der Waals surface area (Å²) in [4.78, 5) is 15.7. The number of carbonyl (C=O) groups is 1. The van der Waals surface area contributed by atoms with Gasteiger partial charge in [-0.2, -0.15) is 5.10 Å². The van der Waals surface area contributed by atoms with E-state index in [4.69, 9.17) is 9.47 Å². The van der Waals surface area contributed by atoms with E-state index in [2.05, 4.69) is 28.2 Å². The Hall–Kier alpha value is -3.28. The molecule has 2 heterocycles. The van der Waals surface area contributed by atoms with Crippen LogP contribution in [0.3, 0.4) is 0 Å². The number of aryl methyl sites for hydroxylation is 1. The third-order valence-corrected chi connectivity index (χ3v) is 6.53. The Kier molecular flexibility index (Phi) is 4.93. The molecular formula is C25H27N3O3. The van der Waals surface area contributed by atoms with Gasteiger partial charge in [0.05, 0.1) is 26.5 Å². The minimum absolute atomic E-state index is 0.0251. The van der Waals surface area contributed by atoms with E-state index in [9.17, 15) is 4.79 Å². The molecule has 0 unspecified atom stereocenters. The van der Waals surface area contributed by atoms with Crippen molar-refractivity contribution in [1.29, 1.82) is 0 Å². The van der Waals surface area contributed by atoms with Gasteiger partial charge < -0.3 is 14.4 Å². The van der Waals surface area contributed by atoms with Crippen LogP contribution >= 0.6 is 0 Å². The summed E-state index contributed by atoms with van der Waals surface area (Å²) in [6.07, 6.45) is 5.60. The highest BCUT2D eigenvalue weighted by atomic mass is 16.5. The maximum Gasteiger partial charge on any atom is 0.227 e. The average molecular weight is 418 g/mol. The fourth-order valence-electron chi connectivity index (χ4n) is 4.86.